The first-order valence-corrected chi connectivity index (χ1v) is 5.82. The summed E-state index contributed by atoms with van der Waals surface area (Å²) in [6.45, 7) is 10.2. The van der Waals surface area contributed by atoms with Gasteiger partial charge in [-0.15, -0.1) is 0 Å². The highest BCUT2D eigenvalue weighted by atomic mass is 16.5. The van der Waals surface area contributed by atoms with Crippen molar-refractivity contribution in [1.82, 2.24) is 4.90 Å². The Hall–Kier alpha value is -0.120. The molecule has 1 aliphatic heterocycles. The smallest absolute Gasteiger partial charge is 0.0739 e. The molecule has 0 amide bonds. The monoisotopic (exact) mass is 215 g/mol. The number of likely N-dealkylation sites (N-methyl/N-ethyl adjacent to an activating group) is 1. The van der Waals surface area contributed by atoms with Crippen LogP contribution in [0.4, 0.5) is 0 Å². The maximum absolute atomic E-state index is 9.93. The van der Waals surface area contributed by atoms with Gasteiger partial charge in [0.15, 0.2) is 0 Å². The molecule has 3 nitrogen and oxygen atoms in total. The van der Waals surface area contributed by atoms with Crippen LogP contribution in [0.3, 0.4) is 0 Å². The van der Waals surface area contributed by atoms with E-state index in [0.717, 1.165) is 6.42 Å². The van der Waals surface area contributed by atoms with E-state index in [-0.39, 0.29) is 17.6 Å². The van der Waals surface area contributed by atoms with E-state index in [2.05, 4.69) is 39.6 Å². The minimum atomic E-state index is -0.242. The molecule has 90 valence electrons. The van der Waals surface area contributed by atoms with Crippen molar-refractivity contribution in [3.8, 4) is 0 Å². The van der Waals surface area contributed by atoms with E-state index in [1.54, 1.807) is 0 Å². The van der Waals surface area contributed by atoms with Gasteiger partial charge in [0.1, 0.15) is 0 Å². The van der Waals surface area contributed by atoms with E-state index < -0.39 is 0 Å². The first kappa shape index (κ1) is 12.9. The van der Waals surface area contributed by atoms with Gasteiger partial charge in [-0.3, -0.25) is 4.90 Å². The number of rotatable bonds is 2. The highest BCUT2D eigenvalue weighted by Crippen LogP contribution is 2.26. The third-order valence-corrected chi connectivity index (χ3v) is 3.68. The summed E-state index contributed by atoms with van der Waals surface area (Å²) in [4.78, 5) is 2.25. The summed E-state index contributed by atoms with van der Waals surface area (Å²) in [6.07, 6.45) is 0.514. The van der Waals surface area contributed by atoms with Crippen LogP contribution in [0.1, 0.15) is 34.1 Å². The molecule has 0 spiro atoms. The van der Waals surface area contributed by atoms with Crippen molar-refractivity contribution in [2.75, 3.05) is 20.3 Å². The molecular formula is C12H25NO2. The summed E-state index contributed by atoms with van der Waals surface area (Å²) in [5.74, 6) is 0. The summed E-state index contributed by atoms with van der Waals surface area (Å²) >= 11 is 0. The molecule has 0 aromatic heterocycles. The maximum atomic E-state index is 9.93. The molecule has 3 heteroatoms. The van der Waals surface area contributed by atoms with Crippen molar-refractivity contribution in [3.05, 3.63) is 0 Å². The third kappa shape index (κ3) is 3.16. The van der Waals surface area contributed by atoms with Crippen LogP contribution in [0.15, 0.2) is 0 Å². The number of hydrogen-bond donors (Lipinski definition) is 1. The second-order valence-corrected chi connectivity index (χ2v) is 5.71. The Bertz CT molecular complexity index is 200. The zero-order chi connectivity index (χ0) is 11.6. The Balaban J connectivity index is 2.62. The van der Waals surface area contributed by atoms with Gasteiger partial charge in [-0.2, -0.15) is 0 Å². The van der Waals surface area contributed by atoms with Crippen LogP contribution in [0, 0.1) is 5.41 Å². The lowest BCUT2D eigenvalue weighted by Gasteiger charge is -2.43. The van der Waals surface area contributed by atoms with Gasteiger partial charge in [0.25, 0.3) is 0 Å². The van der Waals surface area contributed by atoms with Crippen molar-refractivity contribution in [2.45, 2.75) is 52.3 Å². The molecule has 1 aliphatic rings. The van der Waals surface area contributed by atoms with E-state index in [1.807, 2.05) is 0 Å². The van der Waals surface area contributed by atoms with Crippen LogP contribution in [-0.2, 0) is 4.74 Å². The molecule has 0 aromatic rings. The zero-order valence-electron chi connectivity index (χ0n) is 10.7. The predicted octanol–water partition coefficient (Wildman–Crippen LogP) is 1.50. The van der Waals surface area contributed by atoms with Crippen molar-refractivity contribution >= 4 is 0 Å². The summed E-state index contributed by atoms with van der Waals surface area (Å²) in [7, 11) is 2.08. The highest BCUT2D eigenvalue weighted by molar-refractivity contribution is 4.87. The number of aliphatic hydroxyl groups excluding tert-OH is 1. The summed E-state index contributed by atoms with van der Waals surface area (Å²) in [5.41, 5.74) is 0.228. The Morgan fingerprint density at radius 1 is 1.40 bits per heavy atom. The van der Waals surface area contributed by atoms with E-state index in [0.29, 0.717) is 19.3 Å². The standard InChI is InChI=1S/C12H25NO2/c1-9(12(2,3)4)13(5)10-8-15-7-6-11(10)14/h9-11,14H,6-8H2,1-5H3. The second kappa shape index (κ2) is 4.81. The Morgan fingerprint density at radius 2 is 2.00 bits per heavy atom. The fraction of sp³-hybridized carbons (Fsp3) is 1.00. The second-order valence-electron chi connectivity index (χ2n) is 5.71. The van der Waals surface area contributed by atoms with Crippen LogP contribution >= 0.6 is 0 Å². The van der Waals surface area contributed by atoms with Gasteiger partial charge in [0.2, 0.25) is 0 Å². The van der Waals surface area contributed by atoms with Gasteiger partial charge >= 0.3 is 0 Å². The number of ether oxygens (including phenoxy) is 1. The zero-order valence-corrected chi connectivity index (χ0v) is 10.7. The van der Waals surface area contributed by atoms with E-state index in [9.17, 15) is 5.11 Å². The maximum Gasteiger partial charge on any atom is 0.0739 e. The van der Waals surface area contributed by atoms with Crippen LogP contribution in [0.25, 0.3) is 0 Å². The molecular weight excluding hydrogens is 190 g/mol. The van der Waals surface area contributed by atoms with Crippen molar-refractivity contribution in [1.29, 1.82) is 0 Å². The van der Waals surface area contributed by atoms with Gasteiger partial charge in [0.05, 0.1) is 18.8 Å². The molecule has 0 radical (unpaired) electrons. The third-order valence-electron chi connectivity index (χ3n) is 3.68. The first-order chi connectivity index (χ1) is 6.84. The van der Waals surface area contributed by atoms with Gasteiger partial charge in [-0.1, -0.05) is 20.8 Å². The summed E-state index contributed by atoms with van der Waals surface area (Å²) in [6, 6.07) is 0.576. The van der Waals surface area contributed by atoms with Crippen molar-refractivity contribution in [3.63, 3.8) is 0 Å². The SMILES string of the molecule is CC(N(C)C1COCCC1O)C(C)(C)C. The molecule has 3 atom stereocenters. The normalized spacial score (nSPS) is 30.6. The van der Waals surface area contributed by atoms with E-state index in [4.69, 9.17) is 4.74 Å². The predicted molar refractivity (Wildman–Crippen MR) is 61.9 cm³/mol. The van der Waals surface area contributed by atoms with Crippen molar-refractivity contribution < 1.29 is 9.84 Å². The molecule has 0 aliphatic carbocycles. The molecule has 3 unspecified atom stereocenters. The average molecular weight is 215 g/mol. The highest BCUT2D eigenvalue weighted by Gasteiger charge is 2.33. The molecule has 1 N–H and O–H groups in total. The quantitative estimate of drug-likeness (QED) is 0.758. The van der Waals surface area contributed by atoms with Gasteiger partial charge in [-0.05, 0) is 25.8 Å². The molecule has 1 fully saturated rings. The lowest BCUT2D eigenvalue weighted by Crippen LogP contribution is -2.54. The molecule has 1 heterocycles. The molecule has 15 heavy (non-hydrogen) atoms. The minimum Gasteiger partial charge on any atom is -0.391 e. The summed E-state index contributed by atoms with van der Waals surface area (Å²) < 4.78 is 5.43. The Labute approximate surface area is 93.4 Å². The van der Waals surface area contributed by atoms with Gasteiger partial charge in [0, 0.05) is 12.6 Å². The number of aliphatic hydroxyl groups is 1. The Morgan fingerprint density at radius 3 is 2.47 bits per heavy atom. The lowest BCUT2D eigenvalue weighted by molar-refractivity contribution is -0.0744. The Kier molecular flexibility index (Phi) is 4.15. The van der Waals surface area contributed by atoms with Crippen molar-refractivity contribution in [2.24, 2.45) is 5.41 Å². The first-order valence-electron chi connectivity index (χ1n) is 5.82. The largest absolute Gasteiger partial charge is 0.391 e. The lowest BCUT2D eigenvalue weighted by atomic mass is 9.86. The molecule has 1 saturated heterocycles. The summed E-state index contributed by atoms with van der Waals surface area (Å²) in [5, 5.41) is 9.93. The van der Waals surface area contributed by atoms with Crippen LogP contribution in [-0.4, -0.2) is 48.5 Å². The molecule has 0 bridgehead atoms. The number of nitrogens with zero attached hydrogens (tertiary/aromatic N) is 1. The minimum absolute atomic E-state index is 0.146. The fourth-order valence-corrected chi connectivity index (χ4v) is 2.00. The van der Waals surface area contributed by atoms with Crippen LogP contribution in [0.2, 0.25) is 0 Å². The van der Waals surface area contributed by atoms with Gasteiger partial charge < -0.3 is 9.84 Å². The molecule has 0 saturated carbocycles. The number of hydrogen-bond acceptors (Lipinski definition) is 3. The molecule has 1 rings (SSSR count). The van der Waals surface area contributed by atoms with Crippen LogP contribution < -0.4 is 0 Å². The van der Waals surface area contributed by atoms with Crippen LogP contribution in [0.5, 0.6) is 0 Å². The fourth-order valence-electron chi connectivity index (χ4n) is 2.00. The van der Waals surface area contributed by atoms with E-state index >= 15 is 0 Å². The topological polar surface area (TPSA) is 32.7 Å². The van der Waals surface area contributed by atoms with E-state index in [1.165, 1.54) is 0 Å². The van der Waals surface area contributed by atoms with Gasteiger partial charge in [-0.25, -0.2) is 0 Å². The molecule has 0 aromatic carbocycles. The average Bonchev–Trinajstić information content (AvgIpc) is 2.15.